The van der Waals surface area contributed by atoms with Gasteiger partial charge in [-0.05, 0) is 74.9 Å². The number of nitrogens with zero attached hydrogens (tertiary/aromatic N) is 3. The minimum absolute atomic E-state index is 0.309. The van der Waals surface area contributed by atoms with E-state index in [-0.39, 0.29) is 5.54 Å². The van der Waals surface area contributed by atoms with Gasteiger partial charge in [-0.2, -0.15) is 0 Å². The topological polar surface area (TPSA) is 70.8 Å². The third-order valence-electron chi connectivity index (χ3n) is 6.97. The summed E-state index contributed by atoms with van der Waals surface area (Å²) in [6, 6.07) is 23.3. The highest BCUT2D eigenvalue weighted by Gasteiger charge is 2.29. The number of aromatic amines is 1. The van der Waals surface area contributed by atoms with Gasteiger partial charge in [-0.3, -0.25) is 9.88 Å². The fourth-order valence-corrected chi connectivity index (χ4v) is 5.17. The van der Waals surface area contributed by atoms with Crippen LogP contribution < -0.4 is 5.73 Å². The zero-order chi connectivity index (χ0) is 22.7. The van der Waals surface area contributed by atoms with Gasteiger partial charge in [0.15, 0.2) is 0 Å². The van der Waals surface area contributed by atoms with Crippen LogP contribution in [0.15, 0.2) is 72.9 Å². The van der Waals surface area contributed by atoms with Crippen molar-refractivity contribution in [1.29, 1.82) is 0 Å². The lowest BCUT2D eigenvalue weighted by Crippen LogP contribution is -2.36. The summed E-state index contributed by atoms with van der Waals surface area (Å²) in [6.45, 7) is 3.88. The van der Waals surface area contributed by atoms with Crippen LogP contribution in [-0.2, 0) is 18.5 Å². The number of rotatable bonds is 8. The number of hydrogen-bond acceptors (Lipinski definition) is 4. The number of imidazole rings is 1. The summed E-state index contributed by atoms with van der Waals surface area (Å²) >= 11 is 0. The summed E-state index contributed by atoms with van der Waals surface area (Å²) in [7, 11) is 0. The van der Waals surface area contributed by atoms with E-state index in [0.717, 1.165) is 55.6 Å². The number of pyridine rings is 1. The molecule has 2 atom stereocenters. The van der Waals surface area contributed by atoms with Crippen molar-refractivity contribution in [3.63, 3.8) is 0 Å². The minimum Gasteiger partial charge on any atom is -0.341 e. The van der Waals surface area contributed by atoms with Gasteiger partial charge < -0.3 is 10.7 Å². The fourth-order valence-electron chi connectivity index (χ4n) is 5.17. The van der Waals surface area contributed by atoms with Gasteiger partial charge >= 0.3 is 0 Å². The molecule has 3 N–H and O–H groups in total. The van der Waals surface area contributed by atoms with Gasteiger partial charge in [0, 0.05) is 11.7 Å². The van der Waals surface area contributed by atoms with Crippen LogP contribution in [0.5, 0.6) is 0 Å². The molecule has 2 aromatic heterocycles. The molecule has 170 valence electrons. The van der Waals surface area contributed by atoms with E-state index in [2.05, 4.69) is 71.4 Å². The summed E-state index contributed by atoms with van der Waals surface area (Å²) in [4.78, 5) is 15.8. The molecule has 1 unspecified atom stereocenters. The molecule has 5 rings (SSSR count). The van der Waals surface area contributed by atoms with Crippen molar-refractivity contribution in [3.05, 3.63) is 95.6 Å². The SMILES string of the molecule is C[C@@](N)(CCCN(Cc1nc2ccccc2[nH]1)C1CCCc2cccnc21)c1ccccc1. The first-order chi connectivity index (χ1) is 16.1. The number of hydrogen-bond donors (Lipinski definition) is 2. The molecule has 4 aromatic rings. The highest BCUT2D eigenvalue weighted by molar-refractivity contribution is 5.74. The van der Waals surface area contributed by atoms with Crippen LogP contribution >= 0.6 is 0 Å². The van der Waals surface area contributed by atoms with E-state index in [9.17, 15) is 0 Å². The Morgan fingerprint density at radius 3 is 2.73 bits per heavy atom. The third-order valence-corrected chi connectivity index (χ3v) is 6.97. The summed E-state index contributed by atoms with van der Waals surface area (Å²) < 4.78 is 0. The standard InChI is InChI=1S/C28H33N5/c1-28(29,22-12-3-2-4-13-22)17-9-19-33(20-26-31-23-14-5-6-15-24(23)32-26)25-16-7-10-21-11-8-18-30-27(21)25/h2-6,8,11-15,18,25H,7,9-10,16-17,19-20,29H2,1H3,(H,31,32)/t25?,28-/m1/s1. The van der Waals surface area contributed by atoms with Gasteiger partial charge in [-0.15, -0.1) is 0 Å². The first kappa shape index (κ1) is 21.8. The molecule has 2 heterocycles. The van der Waals surface area contributed by atoms with E-state index in [0.29, 0.717) is 6.04 Å². The van der Waals surface area contributed by atoms with E-state index in [4.69, 9.17) is 15.7 Å². The van der Waals surface area contributed by atoms with E-state index < -0.39 is 0 Å². The smallest absolute Gasteiger partial charge is 0.121 e. The lowest BCUT2D eigenvalue weighted by atomic mass is 9.87. The number of fused-ring (bicyclic) bond motifs is 2. The summed E-state index contributed by atoms with van der Waals surface area (Å²) in [5, 5.41) is 0. The van der Waals surface area contributed by atoms with Crippen molar-refractivity contribution in [2.24, 2.45) is 5.73 Å². The Balaban J connectivity index is 1.37. The van der Waals surface area contributed by atoms with E-state index in [1.807, 2.05) is 18.3 Å². The third kappa shape index (κ3) is 4.85. The number of aryl methyl sites for hydroxylation is 1. The largest absolute Gasteiger partial charge is 0.341 e. The van der Waals surface area contributed by atoms with Crippen LogP contribution in [0.25, 0.3) is 11.0 Å². The first-order valence-corrected chi connectivity index (χ1v) is 12.1. The van der Waals surface area contributed by atoms with Crippen molar-refractivity contribution in [3.8, 4) is 0 Å². The van der Waals surface area contributed by atoms with Gasteiger partial charge in [0.05, 0.1) is 29.3 Å². The molecule has 5 nitrogen and oxygen atoms in total. The fraction of sp³-hybridized carbons (Fsp3) is 0.357. The highest BCUT2D eigenvalue weighted by Crippen LogP contribution is 2.34. The van der Waals surface area contributed by atoms with Crippen molar-refractivity contribution < 1.29 is 0 Å². The summed E-state index contributed by atoms with van der Waals surface area (Å²) in [6.07, 6.45) is 7.31. The number of aromatic nitrogens is 3. The van der Waals surface area contributed by atoms with E-state index >= 15 is 0 Å². The maximum atomic E-state index is 6.73. The molecular weight excluding hydrogens is 406 g/mol. The van der Waals surface area contributed by atoms with Gasteiger partial charge in [-0.25, -0.2) is 4.98 Å². The van der Waals surface area contributed by atoms with Crippen LogP contribution in [0, 0.1) is 0 Å². The predicted octanol–water partition coefficient (Wildman–Crippen LogP) is 5.49. The van der Waals surface area contributed by atoms with Crippen LogP contribution in [0.4, 0.5) is 0 Å². The van der Waals surface area contributed by atoms with Crippen molar-refractivity contribution in [1.82, 2.24) is 19.9 Å². The number of benzene rings is 2. The number of H-pyrrole nitrogens is 1. The van der Waals surface area contributed by atoms with Crippen molar-refractivity contribution in [2.45, 2.75) is 57.2 Å². The zero-order valence-electron chi connectivity index (χ0n) is 19.4. The molecule has 0 aliphatic heterocycles. The van der Waals surface area contributed by atoms with Gasteiger partial charge in [0.2, 0.25) is 0 Å². The quantitative estimate of drug-likeness (QED) is 0.381. The van der Waals surface area contributed by atoms with Crippen molar-refractivity contribution in [2.75, 3.05) is 6.54 Å². The second-order valence-corrected chi connectivity index (χ2v) is 9.51. The zero-order valence-corrected chi connectivity index (χ0v) is 19.4. The molecule has 0 spiro atoms. The normalized spacial score (nSPS) is 17.7. The van der Waals surface area contributed by atoms with E-state index in [1.54, 1.807) is 0 Å². The Labute approximate surface area is 196 Å². The molecule has 33 heavy (non-hydrogen) atoms. The molecule has 1 aliphatic carbocycles. The first-order valence-electron chi connectivity index (χ1n) is 12.1. The number of nitrogens with one attached hydrogen (secondary N) is 1. The minimum atomic E-state index is -0.338. The molecule has 0 fully saturated rings. The highest BCUT2D eigenvalue weighted by atomic mass is 15.2. The Bertz CT molecular complexity index is 1160. The average molecular weight is 440 g/mol. The maximum absolute atomic E-state index is 6.73. The molecule has 2 aromatic carbocycles. The Kier molecular flexibility index (Phi) is 6.25. The Morgan fingerprint density at radius 1 is 1.06 bits per heavy atom. The Hall–Kier alpha value is -3.02. The lowest BCUT2D eigenvalue weighted by Gasteiger charge is -2.35. The molecular formula is C28H33N5. The average Bonchev–Trinajstić information content (AvgIpc) is 3.26. The summed E-state index contributed by atoms with van der Waals surface area (Å²) in [5.41, 5.74) is 12.3. The molecule has 0 bridgehead atoms. The molecule has 1 aliphatic rings. The van der Waals surface area contributed by atoms with Gasteiger partial charge in [0.25, 0.3) is 0 Å². The molecule has 5 heteroatoms. The van der Waals surface area contributed by atoms with Gasteiger partial charge in [0.1, 0.15) is 5.82 Å². The Morgan fingerprint density at radius 2 is 1.88 bits per heavy atom. The second-order valence-electron chi connectivity index (χ2n) is 9.51. The van der Waals surface area contributed by atoms with Crippen LogP contribution in [0.1, 0.15) is 61.3 Å². The molecule has 0 saturated carbocycles. The molecule has 0 saturated heterocycles. The number of nitrogens with two attached hydrogens (primary N) is 1. The van der Waals surface area contributed by atoms with Crippen LogP contribution in [0.3, 0.4) is 0 Å². The molecule has 0 radical (unpaired) electrons. The van der Waals surface area contributed by atoms with Crippen LogP contribution in [-0.4, -0.2) is 26.4 Å². The predicted molar refractivity (Wildman–Crippen MR) is 134 cm³/mol. The second kappa shape index (κ2) is 9.46. The monoisotopic (exact) mass is 439 g/mol. The lowest BCUT2D eigenvalue weighted by molar-refractivity contribution is 0.155. The number of para-hydroxylation sites is 2. The summed E-state index contributed by atoms with van der Waals surface area (Å²) in [5.74, 6) is 1.01. The molecule has 0 amide bonds. The van der Waals surface area contributed by atoms with Crippen LogP contribution in [0.2, 0.25) is 0 Å². The van der Waals surface area contributed by atoms with Gasteiger partial charge in [-0.1, -0.05) is 48.5 Å². The maximum Gasteiger partial charge on any atom is 0.121 e. The van der Waals surface area contributed by atoms with E-state index in [1.165, 1.54) is 23.2 Å². The van der Waals surface area contributed by atoms with Crippen molar-refractivity contribution >= 4 is 11.0 Å².